The lowest BCUT2D eigenvalue weighted by Gasteiger charge is -2.36. The number of nitrogens with zero attached hydrogens (tertiary/aromatic N) is 3. The zero-order valence-corrected chi connectivity index (χ0v) is 16.0. The number of hydrogen-bond donors (Lipinski definition) is 1. The third kappa shape index (κ3) is 3.92. The summed E-state index contributed by atoms with van der Waals surface area (Å²) >= 11 is 0. The monoisotopic (exact) mass is 376 g/mol. The predicted octanol–water partition coefficient (Wildman–Crippen LogP) is 3.74. The van der Waals surface area contributed by atoms with Crippen LogP contribution >= 0.6 is 0 Å². The molecule has 1 aliphatic rings. The minimum absolute atomic E-state index is 0.268. The number of para-hydroxylation sites is 2. The van der Waals surface area contributed by atoms with Gasteiger partial charge in [0, 0.05) is 37.8 Å². The van der Waals surface area contributed by atoms with Crippen molar-refractivity contribution in [2.75, 3.05) is 42.9 Å². The molecule has 1 fully saturated rings. The van der Waals surface area contributed by atoms with E-state index in [4.69, 9.17) is 4.52 Å². The van der Waals surface area contributed by atoms with E-state index in [1.54, 1.807) is 6.07 Å². The molecular weight excluding hydrogens is 352 g/mol. The van der Waals surface area contributed by atoms with Gasteiger partial charge in [-0.05, 0) is 18.7 Å². The molecule has 1 aromatic heterocycles. The second-order valence-corrected chi connectivity index (χ2v) is 6.84. The molecule has 2 heterocycles. The molecule has 0 aliphatic carbocycles. The SMILES string of the molecule is CCN1CCN(c2ccccc2NC(=O)c2cc(-c3ccccc3)on2)CC1. The van der Waals surface area contributed by atoms with Gasteiger partial charge in [0.2, 0.25) is 0 Å². The van der Waals surface area contributed by atoms with Crippen molar-refractivity contribution in [3.05, 3.63) is 66.4 Å². The van der Waals surface area contributed by atoms with Gasteiger partial charge in [0.25, 0.3) is 5.91 Å². The highest BCUT2D eigenvalue weighted by Crippen LogP contribution is 2.27. The van der Waals surface area contributed by atoms with E-state index >= 15 is 0 Å². The maximum Gasteiger partial charge on any atom is 0.277 e. The van der Waals surface area contributed by atoms with E-state index in [0.717, 1.165) is 49.7 Å². The molecule has 28 heavy (non-hydrogen) atoms. The number of amides is 1. The van der Waals surface area contributed by atoms with Crippen LogP contribution in [-0.2, 0) is 0 Å². The van der Waals surface area contributed by atoms with Crippen molar-refractivity contribution >= 4 is 17.3 Å². The molecule has 1 N–H and O–H groups in total. The van der Waals surface area contributed by atoms with E-state index in [1.807, 2.05) is 48.5 Å². The number of likely N-dealkylation sites (N-methyl/N-ethyl adjacent to an activating group) is 1. The minimum atomic E-state index is -0.273. The lowest BCUT2D eigenvalue weighted by Crippen LogP contribution is -2.46. The molecule has 0 radical (unpaired) electrons. The Labute approximate surface area is 164 Å². The van der Waals surface area contributed by atoms with Crippen molar-refractivity contribution in [1.82, 2.24) is 10.1 Å². The molecule has 6 nitrogen and oxygen atoms in total. The highest BCUT2D eigenvalue weighted by molar-refractivity contribution is 6.05. The van der Waals surface area contributed by atoms with E-state index in [9.17, 15) is 4.79 Å². The van der Waals surface area contributed by atoms with Crippen molar-refractivity contribution in [2.45, 2.75) is 6.92 Å². The third-order valence-corrected chi connectivity index (χ3v) is 5.11. The van der Waals surface area contributed by atoms with Crippen molar-refractivity contribution < 1.29 is 9.32 Å². The van der Waals surface area contributed by atoms with E-state index in [0.29, 0.717) is 5.76 Å². The summed E-state index contributed by atoms with van der Waals surface area (Å²) in [4.78, 5) is 17.5. The van der Waals surface area contributed by atoms with Gasteiger partial charge in [0.1, 0.15) is 0 Å². The molecule has 144 valence electrons. The lowest BCUT2D eigenvalue weighted by molar-refractivity contribution is 0.101. The Morgan fingerprint density at radius 2 is 1.75 bits per heavy atom. The number of aromatic nitrogens is 1. The molecular formula is C22H24N4O2. The molecule has 1 aliphatic heterocycles. The van der Waals surface area contributed by atoms with Crippen LogP contribution < -0.4 is 10.2 Å². The van der Waals surface area contributed by atoms with Crippen LogP contribution in [0.1, 0.15) is 17.4 Å². The topological polar surface area (TPSA) is 61.6 Å². The fourth-order valence-electron chi connectivity index (χ4n) is 3.47. The Morgan fingerprint density at radius 1 is 1.04 bits per heavy atom. The minimum Gasteiger partial charge on any atom is -0.367 e. The van der Waals surface area contributed by atoms with E-state index in [2.05, 4.69) is 33.3 Å². The molecule has 4 rings (SSSR count). The molecule has 2 aromatic carbocycles. The largest absolute Gasteiger partial charge is 0.367 e. The van der Waals surface area contributed by atoms with Gasteiger partial charge in [0.05, 0.1) is 11.4 Å². The van der Waals surface area contributed by atoms with Crippen LogP contribution in [0.5, 0.6) is 0 Å². The van der Waals surface area contributed by atoms with Crippen LogP contribution in [0.25, 0.3) is 11.3 Å². The number of benzene rings is 2. The number of hydrogen-bond acceptors (Lipinski definition) is 5. The first-order valence-electron chi connectivity index (χ1n) is 9.64. The van der Waals surface area contributed by atoms with Gasteiger partial charge in [0.15, 0.2) is 11.5 Å². The summed E-state index contributed by atoms with van der Waals surface area (Å²) in [5, 5.41) is 6.94. The number of carbonyl (C=O) groups is 1. The van der Waals surface area contributed by atoms with Gasteiger partial charge >= 0.3 is 0 Å². The Balaban J connectivity index is 1.49. The molecule has 0 atom stereocenters. The van der Waals surface area contributed by atoms with Crippen molar-refractivity contribution in [1.29, 1.82) is 0 Å². The molecule has 3 aromatic rings. The average molecular weight is 376 g/mol. The van der Waals surface area contributed by atoms with Crippen molar-refractivity contribution in [3.63, 3.8) is 0 Å². The third-order valence-electron chi connectivity index (χ3n) is 5.11. The second-order valence-electron chi connectivity index (χ2n) is 6.84. The molecule has 0 bridgehead atoms. The Morgan fingerprint density at radius 3 is 2.50 bits per heavy atom. The van der Waals surface area contributed by atoms with Crippen molar-refractivity contribution in [3.8, 4) is 11.3 Å². The van der Waals surface area contributed by atoms with Gasteiger partial charge in [-0.25, -0.2) is 0 Å². The first-order valence-corrected chi connectivity index (χ1v) is 9.64. The summed E-state index contributed by atoms with van der Waals surface area (Å²) < 4.78 is 5.35. The molecule has 1 saturated heterocycles. The van der Waals surface area contributed by atoms with Crippen molar-refractivity contribution in [2.24, 2.45) is 0 Å². The van der Waals surface area contributed by atoms with E-state index in [1.165, 1.54) is 0 Å². The van der Waals surface area contributed by atoms with Gasteiger partial charge in [-0.15, -0.1) is 0 Å². The zero-order chi connectivity index (χ0) is 19.3. The predicted molar refractivity (Wildman–Crippen MR) is 111 cm³/mol. The van der Waals surface area contributed by atoms with E-state index in [-0.39, 0.29) is 11.6 Å². The quantitative estimate of drug-likeness (QED) is 0.735. The maximum atomic E-state index is 12.7. The van der Waals surface area contributed by atoms with E-state index < -0.39 is 0 Å². The number of piperazine rings is 1. The fraction of sp³-hybridized carbons (Fsp3) is 0.273. The normalized spacial score (nSPS) is 14.8. The number of rotatable bonds is 5. The number of nitrogens with one attached hydrogen (secondary N) is 1. The second kappa shape index (κ2) is 8.27. The van der Waals surface area contributed by atoms with Crippen LogP contribution in [0.3, 0.4) is 0 Å². The fourth-order valence-corrected chi connectivity index (χ4v) is 3.47. The smallest absolute Gasteiger partial charge is 0.277 e. The van der Waals surface area contributed by atoms with Crippen LogP contribution in [0.15, 0.2) is 65.2 Å². The van der Waals surface area contributed by atoms with Gasteiger partial charge in [-0.3, -0.25) is 4.79 Å². The summed E-state index contributed by atoms with van der Waals surface area (Å²) in [7, 11) is 0. The summed E-state index contributed by atoms with van der Waals surface area (Å²) in [6.45, 7) is 7.21. The standard InChI is InChI=1S/C22H24N4O2/c1-2-25-12-14-26(15-13-25)20-11-7-6-10-18(20)23-22(27)19-16-21(28-24-19)17-8-4-3-5-9-17/h3-11,16H,2,12-15H2,1H3,(H,23,27). The zero-order valence-electron chi connectivity index (χ0n) is 16.0. The Bertz CT molecular complexity index is 930. The van der Waals surface area contributed by atoms with Gasteiger partial charge < -0.3 is 19.6 Å². The Hall–Kier alpha value is -3.12. The maximum absolute atomic E-state index is 12.7. The van der Waals surface area contributed by atoms with Gasteiger partial charge in [-0.1, -0.05) is 54.5 Å². The summed E-state index contributed by atoms with van der Waals surface area (Å²) in [5.74, 6) is 0.306. The summed E-state index contributed by atoms with van der Waals surface area (Å²) in [5.41, 5.74) is 2.99. The highest BCUT2D eigenvalue weighted by Gasteiger charge is 2.20. The highest BCUT2D eigenvalue weighted by atomic mass is 16.5. The molecule has 6 heteroatoms. The molecule has 0 spiro atoms. The lowest BCUT2D eigenvalue weighted by atomic mass is 10.1. The molecule has 1 amide bonds. The first kappa shape index (κ1) is 18.3. The Kier molecular flexibility index (Phi) is 5.39. The van der Waals surface area contributed by atoms with Crippen LogP contribution in [-0.4, -0.2) is 48.7 Å². The number of carbonyl (C=O) groups excluding carboxylic acids is 1. The van der Waals surface area contributed by atoms with Crippen LogP contribution in [0.2, 0.25) is 0 Å². The average Bonchev–Trinajstić information content (AvgIpc) is 3.25. The first-order chi connectivity index (χ1) is 13.7. The van der Waals surface area contributed by atoms with Gasteiger partial charge in [-0.2, -0.15) is 0 Å². The summed E-state index contributed by atoms with van der Waals surface area (Å²) in [6.07, 6.45) is 0. The van der Waals surface area contributed by atoms with Crippen LogP contribution in [0.4, 0.5) is 11.4 Å². The number of anilines is 2. The molecule has 0 unspecified atom stereocenters. The summed E-state index contributed by atoms with van der Waals surface area (Å²) in [6, 6.07) is 19.2. The molecule has 0 saturated carbocycles. The van der Waals surface area contributed by atoms with Crippen LogP contribution in [0, 0.1) is 0 Å².